The van der Waals surface area contributed by atoms with Gasteiger partial charge < -0.3 is 27.7 Å². The number of anilines is 4. The fourth-order valence-corrected chi connectivity index (χ4v) is 13.6. The molecule has 56 heavy (non-hydrogen) atoms. The summed E-state index contributed by atoms with van der Waals surface area (Å²) in [6.45, 7) is 22.2. The Kier molecular flexibility index (Phi) is 14.8. The number of nitrogens with two attached hydrogens (primary N) is 4. The lowest BCUT2D eigenvalue weighted by Gasteiger charge is -2.61. The second-order valence-corrected chi connectivity index (χ2v) is 20.7. The van der Waals surface area contributed by atoms with Gasteiger partial charge in [0.15, 0.2) is 0 Å². The molecular formula is C50H82N4O2. The zero-order valence-corrected chi connectivity index (χ0v) is 37.0. The first kappa shape index (κ1) is 44.2. The molecule has 2 aromatic rings. The molecule has 6 nitrogen and oxygen atoms in total. The van der Waals surface area contributed by atoms with Crippen molar-refractivity contribution < 1.29 is 9.53 Å². The van der Waals surface area contributed by atoms with Gasteiger partial charge in [-0.2, -0.15) is 0 Å². The Bertz CT molecular complexity index is 1520. The second kappa shape index (κ2) is 18.8. The summed E-state index contributed by atoms with van der Waals surface area (Å²) < 4.78 is 6.04. The van der Waals surface area contributed by atoms with Crippen LogP contribution in [0.5, 0.6) is 0 Å². The number of fused-ring (bicyclic) bond motifs is 5. The molecule has 5 aliphatic rings. The molecule has 13 atom stereocenters. The van der Waals surface area contributed by atoms with E-state index in [1.54, 1.807) is 42.5 Å². The second-order valence-electron chi connectivity index (χ2n) is 20.7. The van der Waals surface area contributed by atoms with E-state index in [-0.39, 0.29) is 12.1 Å². The van der Waals surface area contributed by atoms with Gasteiger partial charge in [0.05, 0.1) is 5.56 Å². The molecule has 0 spiro atoms. The summed E-state index contributed by atoms with van der Waals surface area (Å²) in [5, 5.41) is 0. The third kappa shape index (κ3) is 10.0. The molecule has 2 aromatic carbocycles. The van der Waals surface area contributed by atoms with E-state index in [0.717, 1.165) is 83.4 Å². The van der Waals surface area contributed by atoms with E-state index in [4.69, 9.17) is 27.7 Å². The minimum absolute atomic E-state index is 0.0104. The first-order valence-corrected chi connectivity index (χ1v) is 22.9. The molecule has 5 aliphatic carbocycles. The third-order valence-corrected chi connectivity index (χ3v) is 16.8. The van der Waals surface area contributed by atoms with Gasteiger partial charge in [-0.3, -0.25) is 0 Å². The van der Waals surface area contributed by atoms with E-state index in [1.807, 2.05) is 0 Å². The van der Waals surface area contributed by atoms with E-state index in [0.29, 0.717) is 33.7 Å². The molecule has 0 saturated heterocycles. The fraction of sp³-hybridized carbons (Fsp3) is 0.740. The van der Waals surface area contributed by atoms with Crippen LogP contribution in [0.1, 0.15) is 163 Å². The van der Waals surface area contributed by atoms with Gasteiger partial charge >= 0.3 is 5.97 Å². The summed E-state index contributed by atoms with van der Waals surface area (Å²) in [5.41, 5.74) is 26.5. The summed E-state index contributed by atoms with van der Waals surface area (Å²) in [7, 11) is 0. The minimum atomic E-state index is -0.278. The number of benzene rings is 2. The number of rotatable bonds is 8. The molecule has 0 aliphatic heterocycles. The molecule has 0 aromatic heterocycles. The number of carbonyl (C=O) groups excluding carboxylic acids is 1. The van der Waals surface area contributed by atoms with Crippen LogP contribution in [0.3, 0.4) is 0 Å². The van der Waals surface area contributed by atoms with E-state index in [1.165, 1.54) is 77.0 Å². The van der Waals surface area contributed by atoms with E-state index in [9.17, 15) is 4.79 Å². The predicted octanol–water partition coefficient (Wildman–Crippen LogP) is 12.7. The van der Waals surface area contributed by atoms with Crippen molar-refractivity contribution in [1.29, 1.82) is 0 Å². The molecule has 0 heterocycles. The van der Waals surface area contributed by atoms with Crippen molar-refractivity contribution >= 4 is 28.7 Å². The number of nitrogen functional groups attached to an aromatic ring is 4. The van der Waals surface area contributed by atoms with Gasteiger partial charge in [0.25, 0.3) is 0 Å². The molecule has 5 saturated carbocycles. The van der Waals surface area contributed by atoms with Crippen molar-refractivity contribution in [3.63, 3.8) is 0 Å². The zero-order valence-electron chi connectivity index (χ0n) is 37.0. The number of hydrogen-bond acceptors (Lipinski definition) is 6. The average Bonchev–Trinajstić information content (AvgIpc) is 3.62. The van der Waals surface area contributed by atoms with Crippen LogP contribution in [0.15, 0.2) is 42.5 Å². The molecular weight excluding hydrogens is 689 g/mol. The van der Waals surface area contributed by atoms with Gasteiger partial charge in [-0.1, -0.05) is 88.0 Å². The van der Waals surface area contributed by atoms with E-state index in [2.05, 4.69) is 62.3 Å². The molecule has 13 unspecified atom stereocenters. The Labute approximate surface area is 342 Å². The lowest BCUT2D eigenvalue weighted by molar-refractivity contribution is -0.130. The molecule has 5 fully saturated rings. The quantitative estimate of drug-likeness (QED) is 0.156. The Morgan fingerprint density at radius 2 is 1.34 bits per heavy atom. The molecule has 6 heteroatoms. The molecule has 314 valence electrons. The lowest BCUT2D eigenvalue weighted by atomic mass is 9.44. The molecule has 0 radical (unpaired) electrons. The average molecular weight is 771 g/mol. The van der Waals surface area contributed by atoms with Crippen molar-refractivity contribution in [2.75, 3.05) is 22.9 Å². The Morgan fingerprint density at radius 1 is 0.732 bits per heavy atom. The fourth-order valence-electron chi connectivity index (χ4n) is 13.6. The molecule has 8 N–H and O–H groups in total. The standard InChI is InChI=1S/C34H54N2O2.C10H20.C6H8N2/c1-21(2)7-6-8-22(3)29-11-12-30-28-10-9-24-19-27(38-32(37)23-17-25(35)20-26(36)18-23)13-15-33(24,4)31(28)14-16-34(29,30)5;1-5-10-8(3)6-7(2)9(10)4;7-5-1-2-6(8)4-3-5/h17-18,20-22,24,27-31H,6-16,19,35-36H2,1-5H3;7-10H,5-6H2,1-4H3;1-4H,7-8H2. The van der Waals surface area contributed by atoms with Gasteiger partial charge in [0, 0.05) is 22.7 Å². The lowest BCUT2D eigenvalue weighted by Crippen LogP contribution is -2.54. The Balaban J connectivity index is 0.000000272. The summed E-state index contributed by atoms with van der Waals surface area (Å²) in [6, 6.07) is 12.1. The van der Waals surface area contributed by atoms with Crippen molar-refractivity contribution in [3.05, 3.63) is 48.0 Å². The maximum absolute atomic E-state index is 12.9. The SMILES string of the molecule is CC(C)CCCC(C)C1CCC2C3CCC4CC(OC(=O)c5cc(N)cc(N)c5)CCC4(C)C3CCC12C.CCC1C(C)CC(C)C1C.Nc1ccc(N)cc1. The summed E-state index contributed by atoms with van der Waals surface area (Å²) in [4.78, 5) is 12.9. The Morgan fingerprint density at radius 3 is 1.89 bits per heavy atom. The maximum atomic E-state index is 12.9. The molecule has 0 amide bonds. The van der Waals surface area contributed by atoms with Crippen molar-refractivity contribution in [3.8, 4) is 0 Å². The summed E-state index contributed by atoms with van der Waals surface area (Å²) in [6.07, 6.45) is 18.7. The van der Waals surface area contributed by atoms with E-state index < -0.39 is 0 Å². The first-order chi connectivity index (χ1) is 26.5. The van der Waals surface area contributed by atoms with Crippen molar-refractivity contribution in [2.24, 2.45) is 75.9 Å². The van der Waals surface area contributed by atoms with Gasteiger partial charge in [0.1, 0.15) is 6.10 Å². The Hall–Kier alpha value is -2.89. The number of hydrogen-bond donors (Lipinski definition) is 4. The van der Waals surface area contributed by atoms with Crippen molar-refractivity contribution in [2.45, 2.75) is 158 Å². The van der Waals surface area contributed by atoms with Crippen LogP contribution in [0, 0.1) is 75.9 Å². The van der Waals surface area contributed by atoms with Gasteiger partial charge in [-0.05, 0) is 183 Å². The summed E-state index contributed by atoms with van der Waals surface area (Å²) >= 11 is 0. The zero-order chi connectivity index (χ0) is 40.9. The van der Waals surface area contributed by atoms with Crippen molar-refractivity contribution in [1.82, 2.24) is 0 Å². The highest BCUT2D eigenvalue weighted by atomic mass is 16.5. The van der Waals surface area contributed by atoms with Gasteiger partial charge in [0.2, 0.25) is 0 Å². The van der Waals surface area contributed by atoms with E-state index >= 15 is 0 Å². The molecule has 7 rings (SSSR count). The highest BCUT2D eigenvalue weighted by Crippen LogP contribution is 2.68. The summed E-state index contributed by atoms with van der Waals surface area (Å²) in [5.74, 6) is 9.60. The highest BCUT2D eigenvalue weighted by molar-refractivity contribution is 5.91. The van der Waals surface area contributed by atoms with Crippen LogP contribution < -0.4 is 22.9 Å². The van der Waals surface area contributed by atoms with Crippen LogP contribution >= 0.6 is 0 Å². The predicted molar refractivity (Wildman–Crippen MR) is 239 cm³/mol. The van der Waals surface area contributed by atoms with Crippen LogP contribution in [-0.2, 0) is 4.74 Å². The normalized spacial score (nSPS) is 36.5. The first-order valence-electron chi connectivity index (χ1n) is 22.9. The molecule has 0 bridgehead atoms. The van der Waals surface area contributed by atoms with Gasteiger partial charge in [-0.25, -0.2) is 4.79 Å². The van der Waals surface area contributed by atoms with Crippen LogP contribution in [0.2, 0.25) is 0 Å². The van der Waals surface area contributed by atoms with Crippen LogP contribution in [0.25, 0.3) is 0 Å². The topological polar surface area (TPSA) is 130 Å². The third-order valence-electron chi connectivity index (χ3n) is 16.8. The number of esters is 1. The van der Waals surface area contributed by atoms with Gasteiger partial charge in [-0.15, -0.1) is 0 Å². The maximum Gasteiger partial charge on any atom is 0.338 e. The largest absolute Gasteiger partial charge is 0.459 e. The highest BCUT2D eigenvalue weighted by Gasteiger charge is 2.60. The minimum Gasteiger partial charge on any atom is -0.459 e. The van der Waals surface area contributed by atoms with Crippen LogP contribution in [0.4, 0.5) is 22.7 Å². The van der Waals surface area contributed by atoms with Crippen LogP contribution in [-0.4, -0.2) is 12.1 Å². The number of carbonyl (C=O) groups is 1. The number of ether oxygens (including phenoxy) is 1. The monoisotopic (exact) mass is 771 g/mol. The smallest absolute Gasteiger partial charge is 0.338 e.